The van der Waals surface area contributed by atoms with Gasteiger partial charge in [-0.25, -0.2) is 0 Å². The molecule has 1 aromatic carbocycles. The number of anilines is 1. The lowest BCUT2D eigenvalue weighted by Crippen LogP contribution is -1.99. The van der Waals surface area contributed by atoms with Crippen molar-refractivity contribution in [3.8, 4) is 0 Å². The second kappa shape index (κ2) is 3.76. The van der Waals surface area contributed by atoms with Crippen molar-refractivity contribution in [1.82, 2.24) is 0 Å². The summed E-state index contributed by atoms with van der Waals surface area (Å²) in [5.41, 5.74) is 7.42. The predicted molar refractivity (Wildman–Crippen MR) is 49.5 cm³/mol. The van der Waals surface area contributed by atoms with Gasteiger partial charge in [-0.1, -0.05) is 25.1 Å². The molecule has 0 radical (unpaired) electrons. The van der Waals surface area contributed by atoms with Crippen molar-refractivity contribution < 1.29 is 5.21 Å². The maximum atomic E-state index is 8.32. The summed E-state index contributed by atoms with van der Waals surface area (Å²) in [6.07, 6.45) is 1.45. The van der Waals surface area contributed by atoms with Crippen LogP contribution in [0.25, 0.3) is 0 Å². The van der Waals surface area contributed by atoms with Crippen LogP contribution in [0.1, 0.15) is 18.4 Å². The number of oxime groups is 1. The fourth-order valence-electron chi connectivity index (χ4n) is 1.11. The van der Waals surface area contributed by atoms with Crippen LogP contribution in [0.2, 0.25) is 0 Å². The average Bonchev–Trinajstić information content (AvgIpc) is 2.05. The van der Waals surface area contributed by atoms with Gasteiger partial charge in [-0.3, -0.25) is 0 Å². The minimum atomic E-state index is 0.0520. The van der Waals surface area contributed by atoms with Gasteiger partial charge in [0.2, 0.25) is 0 Å². The third kappa shape index (κ3) is 1.75. The molecule has 0 amide bonds. The largest absolute Gasteiger partial charge is 0.411 e. The summed E-state index contributed by atoms with van der Waals surface area (Å²) in [6, 6.07) is 7.54. The average molecular weight is 164 g/mol. The molecule has 3 nitrogen and oxygen atoms in total. The Morgan fingerprint density at radius 3 is 2.75 bits per heavy atom. The number of nitrogens with zero attached hydrogens (tertiary/aromatic N) is 1. The zero-order valence-electron chi connectivity index (χ0n) is 6.94. The van der Waals surface area contributed by atoms with Gasteiger partial charge in [-0.15, -0.1) is 5.16 Å². The molecule has 12 heavy (non-hydrogen) atoms. The Kier molecular flexibility index (Phi) is 2.69. The van der Waals surface area contributed by atoms with E-state index in [1.54, 1.807) is 0 Å². The summed E-state index contributed by atoms with van der Waals surface area (Å²) in [5, 5.41) is 11.3. The highest BCUT2D eigenvalue weighted by Gasteiger charge is 2.04. The third-order valence-corrected chi connectivity index (χ3v) is 1.78. The second-order valence-electron chi connectivity index (χ2n) is 2.68. The Labute approximate surface area is 71.5 Å². The topological polar surface area (TPSA) is 58.6 Å². The Morgan fingerprint density at radius 1 is 1.50 bits per heavy atom. The molecular formula is C9H12N2O. The van der Waals surface area contributed by atoms with Gasteiger partial charge < -0.3 is 10.9 Å². The summed E-state index contributed by atoms with van der Waals surface area (Å²) >= 11 is 0. The first kappa shape index (κ1) is 8.59. The summed E-state index contributed by atoms with van der Waals surface area (Å²) < 4.78 is 0. The van der Waals surface area contributed by atoms with E-state index < -0.39 is 0 Å². The highest BCUT2D eigenvalue weighted by molar-refractivity contribution is 5.70. The minimum Gasteiger partial charge on any atom is -0.411 e. The van der Waals surface area contributed by atoms with E-state index in [1.807, 2.05) is 31.2 Å². The number of para-hydroxylation sites is 1. The molecule has 64 valence electrons. The molecule has 0 aromatic heterocycles. The van der Waals surface area contributed by atoms with Crippen LogP contribution in [0.3, 0.4) is 0 Å². The maximum absolute atomic E-state index is 8.32. The normalized spacial score (nSPS) is 13.4. The Morgan fingerprint density at radius 2 is 2.17 bits per heavy atom. The summed E-state index contributed by atoms with van der Waals surface area (Å²) in [6.45, 7) is 1.92. The first-order valence-electron chi connectivity index (χ1n) is 3.77. The molecule has 3 heteroatoms. The smallest absolute Gasteiger partial charge is 0.0508 e. The van der Waals surface area contributed by atoms with Crippen molar-refractivity contribution in [2.75, 3.05) is 5.73 Å². The molecule has 1 aromatic rings. The molecule has 0 aliphatic carbocycles. The predicted octanol–water partition coefficient (Wildman–Crippen LogP) is 1.83. The molecule has 0 aliphatic heterocycles. The molecule has 1 rings (SSSR count). The number of nitrogen functional groups attached to an aromatic ring is 1. The standard InChI is InChI=1S/C9H12N2O/c1-7(6-11-12)8-4-2-3-5-9(8)10/h2-7,12H,10H2,1H3. The number of nitrogens with two attached hydrogens (primary N) is 1. The molecule has 0 fully saturated rings. The first-order chi connectivity index (χ1) is 5.75. The molecule has 3 N–H and O–H groups in total. The van der Waals surface area contributed by atoms with Gasteiger partial charge >= 0.3 is 0 Å². The molecule has 0 bridgehead atoms. The Bertz CT molecular complexity index is 284. The number of hydrogen-bond acceptors (Lipinski definition) is 3. The fourth-order valence-corrected chi connectivity index (χ4v) is 1.11. The molecule has 0 saturated carbocycles. The van der Waals surface area contributed by atoms with Crippen molar-refractivity contribution in [3.05, 3.63) is 29.8 Å². The van der Waals surface area contributed by atoms with Crippen LogP contribution in [0.5, 0.6) is 0 Å². The van der Waals surface area contributed by atoms with Crippen LogP contribution < -0.4 is 5.73 Å². The lowest BCUT2D eigenvalue weighted by Gasteiger charge is -2.07. The Hall–Kier alpha value is -1.51. The Balaban J connectivity index is 2.94. The van der Waals surface area contributed by atoms with Gasteiger partial charge in [0.1, 0.15) is 0 Å². The monoisotopic (exact) mass is 164 g/mol. The van der Waals surface area contributed by atoms with E-state index in [0.29, 0.717) is 0 Å². The highest BCUT2D eigenvalue weighted by Crippen LogP contribution is 2.19. The third-order valence-electron chi connectivity index (χ3n) is 1.78. The summed E-state index contributed by atoms with van der Waals surface area (Å²) in [5.74, 6) is 0.0520. The van der Waals surface area contributed by atoms with Crippen LogP contribution >= 0.6 is 0 Å². The molecule has 1 unspecified atom stereocenters. The molecular weight excluding hydrogens is 152 g/mol. The summed E-state index contributed by atoms with van der Waals surface area (Å²) in [7, 11) is 0. The number of hydrogen-bond donors (Lipinski definition) is 2. The maximum Gasteiger partial charge on any atom is 0.0508 e. The molecule has 0 heterocycles. The van der Waals surface area contributed by atoms with E-state index in [4.69, 9.17) is 10.9 Å². The van der Waals surface area contributed by atoms with Gasteiger partial charge in [-0.2, -0.15) is 0 Å². The SMILES string of the molecule is CC(C=NO)c1ccccc1N. The van der Waals surface area contributed by atoms with Crippen LogP contribution in [-0.2, 0) is 0 Å². The van der Waals surface area contributed by atoms with Crippen LogP contribution in [0.15, 0.2) is 29.4 Å². The van der Waals surface area contributed by atoms with Crippen LogP contribution in [0, 0.1) is 0 Å². The van der Waals surface area contributed by atoms with Crippen molar-refractivity contribution in [3.63, 3.8) is 0 Å². The van der Waals surface area contributed by atoms with Crippen molar-refractivity contribution in [2.24, 2.45) is 5.16 Å². The quantitative estimate of drug-likeness (QED) is 0.303. The van der Waals surface area contributed by atoms with E-state index in [-0.39, 0.29) is 5.92 Å². The lowest BCUT2D eigenvalue weighted by molar-refractivity contribution is 0.320. The van der Waals surface area contributed by atoms with E-state index in [2.05, 4.69) is 5.16 Å². The second-order valence-corrected chi connectivity index (χ2v) is 2.68. The fraction of sp³-hybridized carbons (Fsp3) is 0.222. The van der Waals surface area contributed by atoms with E-state index in [9.17, 15) is 0 Å². The van der Waals surface area contributed by atoms with Crippen LogP contribution in [0.4, 0.5) is 5.69 Å². The van der Waals surface area contributed by atoms with Crippen molar-refractivity contribution in [2.45, 2.75) is 12.8 Å². The van der Waals surface area contributed by atoms with Crippen molar-refractivity contribution >= 4 is 11.9 Å². The van der Waals surface area contributed by atoms with Gasteiger partial charge in [-0.05, 0) is 11.6 Å². The summed E-state index contributed by atoms with van der Waals surface area (Å²) in [4.78, 5) is 0. The molecule has 1 atom stereocenters. The van der Waals surface area contributed by atoms with Gasteiger partial charge in [0.05, 0.1) is 6.21 Å². The highest BCUT2D eigenvalue weighted by atomic mass is 16.4. The first-order valence-corrected chi connectivity index (χ1v) is 3.77. The minimum absolute atomic E-state index is 0.0520. The van der Waals surface area contributed by atoms with E-state index >= 15 is 0 Å². The van der Waals surface area contributed by atoms with E-state index in [1.165, 1.54) is 6.21 Å². The molecule has 0 aliphatic rings. The van der Waals surface area contributed by atoms with Gasteiger partial charge in [0, 0.05) is 11.6 Å². The van der Waals surface area contributed by atoms with Crippen LogP contribution in [-0.4, -0.2) is 11.4 Å². The number of benzene rings is 1. The van der Waals surface area contributed by atoms with E-state index in [0.717, 1.165) is 11.3 Å². The van der Waals surface area contributed by atoms with Crippen molar-refractivity contribution in [1.29, 1.82) is 0 Å². The zero-order chi connectivity index (χ0) is 8.97. The lowest BCUT2D eigenvalue weighted by atomic mass is 10.0. The van der Waals surface area contributed by atoms with Gasteiger partial charge in [0.15, 0.2) is 0 Å². The molecule has 0 saturated heterocycles. The zero-order valence-corrected chi connectivity index (χ0v) is 6.94. The van der Waals surface area contributed by atoms with Gasteiger partial charge in [0.25, 0.3) is 0 Å². The number of rotatable bonds is 2. The molecule has 0 spiro atoms.